The molecule has 2 saturated heterocycles. The van der Waals surface area contributed by atoms with Gasteiger partial charge in [0.2, 0.25) is 0 Å². The van der Waals surface area contributed by atoms with Gasteiger partial charge in [-0.05, 0) is 27.3 Å². The molecule has 0 aromatic rings. The lowest BCUT2D eigenvalue weighted by molar-refractivity contribution is -0.0383. The first kappa shape index (κ1) is 12.3. The van der Waals surface area contributed by atoms with Crippen molar-refractivity contribution in [2.75, 3.05) is 33.4 Å². The molecule has 4 atom stereocenters. The predicted octanol–water partition coefficient (Wildman–Crippen LogP) is 0.473. The van der Waals surface area contributed by atoms with Crippen LogP contribution in [0.3, 0.4) is 0 Å². The molecule has 4 nitrogen and oxygen atoms in total. The average Bonchev–Trinajstić information content (AvgIpc) is 2.64. The highest BCUT2D eigenvalue weighted by Gasteiger charge is 2.29. The zero-order valence-electron chi connectivity index (χ0n) is 10.6. The number of nitrogens with one attached hydrogen (secondary N) is 1. The summed E-state index contributed by atoms with van der Waals surface area (Å²) in [6.45, 7) is 8.17. The maximum Gasteiger partial charge on any atom is 0.0852 e. The second kappa shape index (κ2) is 5.45. The Hall–Kier alpha value is -0.160. The minimum Gasteiger partial charge on any atom is -0.377 e. The van der Waals surface area contributed by atoms with E-state index in [1.165, 1.54) is 0 Å². The van der Waals surface area contributed by atoms with Crippen molar-refractivity contribution in [2.24, 2.45) is 0 Å². The Balaban J connectivity index is 1.80. The van der Waals surface area contributed by atoms with Gasteiger partial charge in [-0.25, -0.2) is 0 Å². The van der Waals surface area contributed by atoms with Gasteiger partial charge in [0.15, 0.2) is 0 Å². The van der Waals surface area contributed by atoms with Gasteiger partial charge in [0.1, 0.15) is 0 Å². The smallest absolute Gasteiger partial charge is 0.0852 e. The first-order valence-electron chi connectivity index (χ1n) is 6.34. The van der Waals surface area contributed by atoms with Crippen LogP contribution in [0.2, 0.25) is 0 Å². The lowest BCUT2D eigenvalue weighted by Gasteiger charge is -2.35. The summed E-state index contributed by atoms with van der Waals surface area (Å²) in [5.41, 5.74) is 0. The molecule has 94 valence electrons. The minimum absolute atomic E-state index is 0.312. The van der Waals surface area contributed by atoms with Crippen molar-refractivity contribution < 1.29 is 9.47 Å². The summed E-state index contributed by atoms with van der Waals surface area (Å²) < 4.78 is 11.4. The maximum atomic E-state index is 5.81. The Labute approximate surface area is 98.3 Å². The quantitative estimate of drug-likeness (QED) is 0.761. The third-order valence-corrected chi connectivity index (χ3v) is 3.71. The molecule has 0 saturated carbocycles. The van der Waals surface area contributed by atoms with E-state index < -0.39 is 0 Å². The topological polar surface area (TPSA) is 33.7 Å². The van der Waals surface area contributed by atoms with Crippen LogP contribution in [-0.4, -0.2) is 62.5 Å². The van der Waals surface area contributed by atoms with Crippen molar-refractivity contribution in [1.82, 2.24) is 10.2 Å². The van der Waals surface area contributed by atoms with Crippen LogP contribution in [0.1, 0.15) is 20.3 Å². The highest BCUT2D eigenvalue weighted by Crippen LogP contribution is 2.15. The minimum atomic E-state index is 0.312. The summed E-state index contributed by atoms with van der Waals surface area (Å²) in [4.78, 5) is 2.33. The van der Waals surface area contributed by atoms with Gasteiger partial charge in [-0.2, -0.15) is 0 Å². The van der Waals surface area contributed by atoms with E-state index in [1.54, 1.807) is 0 Å². The third-order valence-electron chi connectivity index (χ3n) is 3.71. The molecule has 4 heteroatoms. The molecule has 2 aliphatic heterocycles. The third kappa shape index (κ3) is 2.94. The van der Waals surface area contributed by atoms with Crippen LogP contribution in [0.4, 0.5) is 0 Å². The van der Waals surface area contributed by atoms with Crippen LogP contribution in [-0.2, 0) is 9.47 Å². The van der Waals surface area contributed by atoms with Crippen LogP contribution >= 0.6 is 0 Å². The molecule has 0 amide bonds. The molecule has 0 radical (unpaired) electrons. The Bertz CT molecular complexity index is 225. The number of likely N-dealkylation sites (N-methyl/N-ethyl adjacent to an activating group) is 1. The average molecular weight is 228 g/mol. The second-order valence-electron chi connectivity index (χ2n) is 5.10. The van der Waals surface area contributed by atoms with Crippen molar-refractivity contribution in [1.29, 1.82) is 0 Å². The largest absolute Gasteiger partial charge is 0.377 e. The molecule has 0 aromatic carbocycles. The molecule has 0 bridgehead atoms. The van der Waals surface area contributed by atoms with Crippen LogP contribution in [0.15, 0.2) is 0 Å². The molecule has 0 spiro atoms. The van der Waals surface area contributed by atoms with E-state index >= 15 is 0 Å². The van der Waals surface area contributed by atoms with Crippen molar-refractivity contribution in [3.05, 3.63) is 0 Å². The SMILES string of the molecule is CC(NC1CCOC1C)C1CN(C)CCO1. The van der Waals surface area contributed by atoms with Crippen LogP contribution in [0.25, 0.3) is 0 Å². The van der Waals surface area contributed by atoms with E-state index in [9.17, 15) is 0 Å². The summed E-state index contributed by atoms with van der Waals surface area (Å²) >= 11 is 0. The van der Waals surface area contributed by atoms with Crippen LogP contribution < -0.4 is 5.32 Å². The normalized spacial score (nSPS) is 38.8. The highest BCUT2D eigenvalue weighted by molar-refractivity contribution is 4.86. The van der Waals surface area contributed by atoms with Gasteiger partial charge in [-0.3, -0.25) is 0 Å². The Morgan fingerprint density at radius 2 is 2.12 bits per heavy atom. The van der Waals surface area contributed by atoms with Crippen LogP contribution in [0, 0.1) is 0 Å². The summed E-state index contributed by atoms with van der Waals surface area (Å²) in [6.07, 6.45) is 1.77. The fraction of sp³-hybridized carbons (Fsp3) is 1.00. The predicted molar refractivity (Wildman–Crippen MR) is 63.7 cm³/mol. The Morgan fingerprint density at radius 3 is 2.75 bits per heavy atom. The van der Waals surface area contributed by atoms with Gasteiger partial charge < -0.3 is 19.7 Å². The summed E-state index contributed by atoms with van der Waals surface area (Å²) in [6, 6.07) is 0.891. The molecule has 2 aliphatic rings. The molecular formula is C12H24N2O2. The molecule has 0 aromatic heterocycles. The lowest BCUT2D eigenvalue weighted by atomic mass is 10.1. The van der Waals surface area contributed by atoms with Gasteiger partial charge in [-0.15, -0.1) is 0 Å². The molecular weight excluding hydrogens is 204 g/mol. The molecule has 2 rings (SSSR count). The summed E-state index contributed by atoms with van der Waals surface area (Å²) in [5, 5.41) is 3.64. The zero-order valence-corrected chi connectivity index (χ0v) is 10.6. The van der Waals surface area contributed by atoms with Crippen LogP contribution in [0.5, 0.6) is 0 Å². The monoisotopic (exact) mass is 228 g/mol. The van der Waals surface area contributed by atoms with Gasteiger partial charge in [-0.1, -0.05) is 0 Å². The van der Waals surface area contributed by atoms with Gasteiger partial charge in [0.25, 0.3) is 0 Å². The van der Waals surface area contributed by atoms with Gasteiger partial charge in [0.05, 0.1) is 18.8 Å². The van der Waals surface area contributed by atoms with E-state index in [1.807, 2.05) is 0 Å². The first-order valence-corrected chi connectivity index (χ1v) is 6.34. The van der Waals surface area contributed by atoms with Crippen molar-refractivity contribution in [3.63, 3.8) is 0 Å². The van der Waals surface area contributed by atoms with Crippen molar-refractivity contribution >= 4 is 0 Å². The summed E-state index contributed by atoms with van der Waals surface area (Å²) in [7, 11) is 2.16. The number of rotatable bonds is 3. The van der Waals surface area contributed by atoms with Gasteiger partial charge in [0, 0.05) is 31.8 Å². The standard InChI is InChI=1S/C12H24N2O2/c1-9(12-8-14(3)5-7-16-12)13-11-4-6-15-10(11)2/h9-13H,4-8H2,1-3H3. The van der Waals surface area contributed by atoms with E-state index in [4.69, 9.17) is 9.47 Å². The Morgan fingerprint density at radius 1 is 1.31 bits per heavy atom. The van der Waals surface area contributed by atoms with E-state index in [0.29, 0.717) is 24.3 Å². The molecule has 0 aliphatic carbocycles. The fourth-order valence-corrected chi connectivity index (χ4v) is 2.51. The number of morpholine rings is 1. The zero-order chi connectivity index (χ0) is 11.5. The number of nitrogens with zero attached hydrogens (tertiary/aromatic N) is 1. The Kier molecular flexibility index (Phi) is 4.19. The summed E-state index contributed by atoms with van der Waals surface area (Å²) in [5.74, 6) is 0. The van der Waals surface area contributed by atoms with E-state index in [2.05, 4.69) is 31.1 Å². The highest BCUT2D eigenvalue weighted by atomic mass is 16.5. The number of hydrogen-bond donors (Lipinski definition) is 1. The number of hydrogen-bond acceptors (Lipinski definition) is 4. The van der Waals surface area contributed by atoms with E-state index in [-0.39, 0.29) is 0 Å². The number of ether oxygens (including phenoxy) is 2. The maximum absolute atomic E-state index is 5.81. The van der Waals surface area contributed by atoms with Crippen molar-refractivity contribution in [2.45, 2.75) is 44.6 Å². The molecule has 2 fully saturated rings. The lowest BCUT2D eigenvalue weighted by Crippen LogP contribution is -2.53. The first-order chi connectivity index (χ1) is 7.66. The fourth-order valence-electron chi connectivity index (χ4n) is 2.51. The molecule has 1 N–H and O–H groups in total. The molecule has 16 heavy (non-hydrogen) atoms. The van der Waals surface area contributed by atoms with E-state index in [0.717, 1.165) is 32.7 Å². The molecule has 4 unspecified atom stereocenters. The van der Waals surface area contributed by atoms with Crippen molar-refractivity contribution in [3.8, 4) is 0 Å². The second-order valence-corrected chi connectivity index (χ2v) is 5.10. The van der Waals surface area contributed by atoms with Gasteiger partial charge >= 0.3 is 0 Å². The molecule has 2 heterocycles.